The summed E-state index contributed by atoms with van der Waals surface area (Å²) in [5, 5.41) is 10.2. The fourth-order valence-corrected chi connectivity index (χ4v) is 7.42. The van der Waals surface area contributed by atoms with Crippen LogP contribution in [0.3, 0.4) is 0 Å². The van der Waals surface area contributed by atoms with Gasteiger partial charge in [-0.3, -0.25) is 14.4 Å². The number of hydrogen-bond donors (Lipinski definition) is 1. The van der Waals surface area contributed by atoms with Gasteiger partial charge in [-0.1, -0.05) is 23.8 Å². The monoisotopic (exact) mass is 621 g/mol. The molecule has 5 atom stereocenters. The summed E-state index contributed by atoms with van der Waals surface area (Å²) >= 11 is 6.13. The first-order valence-electron chi connectivity index (χ1n) is 15.1. The molecule has 0 aliphatic carbocycles. The molecule has 10 heteroatoms. The average Bonchev–Trinajstić information content (AvgIpc) is 3.58. The van der Waals surface area contributed by atoms with Gasteiger partial charge < -0.3 is 29.3 Å². The van der Waals surface area contributed by atoms with Crippen LogP contribution in [-0.4, -0.2) is 77.8 Å². The van der Waals surface area contributed by atoms with Gasteiger partial charge in [0.05, 0.1) is 24.0 Å². The molecule has 2 aromatic carbocycles. The van der Waals surface area contributed by atoms with Gasteiger partial charge in [-0.25, -0.2) is 0 Å². The van der Waals surface area contributed by atoms with Gasteiger partial charge in [0.2, 0.25) is 11.8 Å². The Morgan fingerprint density at radius 3 is 2.20 bits per heavy atom. The highest BCUT2D eigenvalue weighted by Gasteiger charge is 2.78. The number of likely N-dealkylation sites (tertiary alicyclic amines) is 1. The second kappa shape index (κ2) is 12.8. The van der Waals surface area contributed by atoms with E-state index in [0.29, 0.717) is 41.6 Å². The first kappa shape index (κ1) is 31.8. The zero-order valence-corrected chi connectivity index (χ0v) is 26.0. The van der Waals surface area contributed by atoms with Crippen molar-refractivity contribution in [2.75, 3.05) is 42.6 Å². The number of amides is 3. The van der Waals surface area contributed by atoms with E-state index in [1.807, 2.05) is 26.0 Å². The Bertz CT molecular complexity index is 1420. The van der Waals surface area contributed by atoms with E-state index >= 15 is 0 Å². The molecule has 1 spiro atoms. The van der Waals surface area contributed by atoms with Crippen molar-refractivity contribution in [2.45, 2.75) is 50.4 Å². The summed E-state index contributed by atoms with van der Waals surface area (Å²) in [6.45, 7) is 12.4. The number of carbonyl (C=O) groups is 3. The smallest absolute Gasteiger partial charge is 0.253 e. The maximum absolute atomic E-state index is 14.6. The van der Waals surface area contributed by atoms with Crippen molar-refractivity contribution in [3.63, 3.8) is 0 Å². The highest BCUT2D eigenvalue weighted by molar-refractivity contribution is 6.30. The van der Waals surface area contributed by atoms with Crippen LogP contribution in [0.5, 0.6) is 5.75 Å². The lowest BCUT2D eigenvalue weighted by Crippen LogP contribution is -2.56. The Hall–Kier alpha value is -3.66. The van der Waals surface area contributed by atoms with Gasteiger partial charge in [0.15, 0.2) is 0 Å². The minimum Gasteiger partial charge on any atom is -0.494 e. The summed E-state index contributed by atoms with van der Waals surface area (Å²) in [7, 11) is 0. The molecule has 0 aromatic heterocycles. The van der Waals surface area contributed by atoms with Crippen molar-refractivity contribution in [1.29, 1.82) is 0 Å². The normalized spacial score (nSPS) is 26.8. The maximum atomic E-state index is 14.6. The largest absolute Gasteiger partial charge is 0.494 e. The van der Waals surface area contributed by atoms with E-state index in [0.717, 1.165) is 0 Å². The molecule has 5 rings (SSSR count). The van der Waals surface area contributed by atoms with Crippen LogP contribution < -0.4 is 14.5 Å². The molecule has 3 saturated heterocycles. The summed E-state index contributed by atoms with van der Waals surface area (Å²) in [6.07, 6.45) is 4.52. The number of carbonyl (C=O) groups excluding carboxylic acids is 3. The van der Waals surface area contributed by atoms with Crippen molar-refractivity contribution in [3.8, 4) is 5.75 Å². The molecule has 44 heavy (non-hydrogen) atoms. The number of nitrogens with zero attached hydrogens (tertiary/aromatic N) is 3. The molecule has 234 valence electrons. The van der Waals surface area contributed by atoms with Gasteiger partial charge in [-0.05, 0) is 81.6 Å². The van der Waals surface area contributed by atoms with Crippen molar-refractivity contribution in [3.05, 3.63) is 78.9 Å². The van der Waals surface area contributed by atoms with Crippen LogP contribution in [-0.2, 0) is 19.1 Å². The van der Waals surface area contributed by atoms with Crippen LogP contribution in [0.15, 0.2) is 73.8 Å². The molecule has 3 heterocycles. The fraction of sp³-hybridized carbons (Fsp3) is 0.441. The molecule has 2 aromatic rings. The van der Waals surface area contributed by atoms with Crippen LogP contribution in [0.25, 0.3) is 0 Å². The molecule has 3 aliphatic heterocycles. The van der Waals surface area contributed by atoms with E-state index < -0.39 is 29.1 Å². The van der Waals surface area contributed by atoms with E-state index in [4.69, 9.17) is 21.1 Å². The van der Waals surface area contributed by atoms with Crippen molar-refractivity contribution in [1.82, 2.24) is 4.90 Å². The molecule has 0 radical (unpaired) electrons. The minimum absolute atomic E-state index is 0.151. The third-order valence-electron chi connectivity index (χ3n) is 9.09. The topological polar surface area (TPSA) is 99.6 Å². The van der Waals surface area contributed by atoms with Gasteiger partial charge in [0.1, 0.15) is 17.4 Å². The van der Waals surface area contributed by atoms with Crippen molar-refractivity contribution < 1.29 is 29.0 Å². The van der Waals surface area contributed by atoms with Crippen LogP contribution in [0.2, 0.25) is 5.02 Å². The number of anilines is 2. The summed E-state index contributed by atoms with van der Waals surface area (Å²) in [5.74, 6) is -1.90. The molecule has 3 amide bonds. The minimum atomic E-state index is -1.21. The van der Waals surface area contributed by atoms with Crippen LogP contribution >= 0.6 is 11.6 Å². The summed E-state index contributed by atoms with van der Waals surface area (Å²) in [5.41, 5.74) is -0.905. The highest BCUT2D eigenvalue weighted by atomic mass is 35.5. The van der Waals surface area contributed by atoms with E-state index in [1.54, 1.807) is 58.4 Å². The van der Waals surface area contributed by atoms with Crippen molar-refractivity contribution in [2.24, 2.45) is 11.8 Å². The molecular weight excluding hydrogens is 582 g/mol. The van der Waals surface area contributed by atoms with Gasteiger partial charge in [0, 0.05) is 42.6 Å². The van der Waals surface area contributed by atoms with Gasteiger partial charge in [-0.15, -0.1) is 13.2 Å². The fourth-order valence-electron chi connectivity index (χ4n) is 7.29. The Kier molecular flexibility index (Phi) is 9.20. The SMILES string of the molecule is C=CCN(C(=O)C1N(CCCO)C(=O)[C@@H]2[C@@H](C(=O)N(CC=C)c3ccc(OCC)cc3)[C@@]3(C)CCC12O3)c1ccc(Cl)cc1. The third kappa shape index (κ3) is 5.31. The zero-order valence-electron chi connectivity index (χ0n) is 25.3. The standard InChI is InChI=1S/C34H40ClN3O6/c1-5-19-36(25-13-15-26(16-14-25)43-7-3)30(40)27-28-31(41)38(21-8-22-39)29(34(28)18-17-33(27,4)44-34)32(42)37(20-6-2)24-11-9-23(35)10-12-24/h5-6,9-16,27-29,39H,1-2,7-8,17-22H2,3-4H3/t27-,28-,29?,33+,34?/m0/s1. The number of aliphatic hydroxyl groups is 1. The first-order chi connectivity index (χ1) is 21.2. The Morgan fingerprint density at radius 1 is 1.05 bits per heavy atom. The van der Waals surface area contributed by atoms with E-state index in [1.165, 1.54) is 4.90 Å². The number of ether oxygens (including phenoxy) is 2. The lowest BCUT2D eigenvalue weighted by atomic mass is 9.66. The van der Waals surface area contributed by atoms with E-state index in [9.17, 15) is 19.5 Å². The maximum Gasteiger partial charge on any atom is 0.253 e. The second-order valence-electron chi connectivity index (χ2n) is 11.7. The molecule has 3 aliphatic rings. The number of rotatable bonds is 13. The molecule has 2 unspecified atom stereocenters. The van der Waals surface area contributed by atoms with E-state index in [2.05, 4.69) is 13.2 Å². The number of aliphatic hydroxyl groups excluding tert-OH is 1. The van der Waals surface area contributed by atoms with Gasteiger partial charge >= 0.3 is 0 Å². The van der Waals surface area contributed by atoms with Crippen molar-refractivity contribution >= 4 is 40.7 Å². The number of halogens is 1. The second-order valence-corrected chi connectivity index (χ2v) is 12.2. The number of hydrogen-bond acceptors (Lipinski definition) is 6. The highest BCUT2D eigenvalue weighted by Crippen LogP contribution is 2.63. The van der Waals surface area contributed by atoms with Gasteiger partial charge in [0.25, 0.3) is 5.91 Å². The quantitative estimate of drug-likeness (QED) is 0.328. The Labute approximate surface area is 263 Å². The lowest BCUT2D eigenvalue weighted by molar-refractivity contribution is -0.144. The number of fused-ring (bicyclic) bond motifs is 1. The van der Waals surface area contributed by atoms with Crippen LogP contribution in [0, 0.1) is 11.8 Å². The first-order valence-corrected chi connectivity index (χ1v) is 15.5. The molecule has 0 saturated carbocycles. The number of benzene rings is 2. The Morgan fingerprint density at radius 2 is 1.64 bits per heavy atom. The predicted octanol–water partition coefficient (Wildman–Crippen LogP) is 4.62. The molecule has 2 bridgehead atoms. The third-order valence-corrected chi connectivity index (χ3v) is 9.34. The molecule has 9 nitrogen and oxygen atoms in total. The van der Waals surface area contributed by atoms with Crippen LogP contribution in [0.4, 0.5) is 11.4 Å². The average molecular weight is 622 g/mol. The van der Waals surface area contributed by atoms with Crippen LogP contribution in [0.1, 0.15) is 33.1 Å². The summed E-state index contributed by atoms with van der Waals surface area (Å²) in [6, 6.07) is 13.2. The lowest BCUT2D eigenvalue weighted by Gasteiger charge is -2.37. The molecule has 3 fully saturated rings. The molecular formula is C34H40ClN3O6. The predicted molar refractivity (Wildman–Crippen MR) is 170 cm³/mol. The zero-order chi connectivity index (χ0) is 31.6. The van der Waals surface area contributed by atoms with E-state index in [-0.39, 0.29) is 50.4 Å². The Balaban J connectivity index is 1.55. The molecule has 1 N–H and O–H groups in total. The summed E-state index contributed by atoms with van der Waals surface area (Å²) in [4.78, 5) is 48.2. The van der Waals surface area contributed by atoms with Gasteiger partial charge in [-0.2, -0.15) is 0 Å². The summed E-state index contributed by atoms with van der Waals surface area (Å²) < 4.78 is 12.4.